The monoisotopic (exact) mass is 232 g/mol. The summed E-state index contributed by atoms with van der Waals surface area (Å²) >= 11 is 0. The second-order valence-corrected chi connectivity index (χ2v) is 4.51. The fourth-order valence-electron chi connectivity index (χ4n) is 1.24. The first-order valence-corrected chi connectivity index (χ1v) is 5.73. The van der Waals surface area contributed by atoms with Gasteiger partial charge in [-0.05, 0) is 11.6 Å². The molecule has 0 aromatic heterocycles. The first kappa shape index (κ1) is 12.1. The minimum absolute atomic E-state index is 0.0214. The van der Waals surface area contributed by atoms with Gasteiger partial charge in [-0.3, -0.25) is 4.55 Å². The Balaban J connectivity index is 3.08. The van der Waals surface area contributed by atoms with Gasteiger partial charge in [0.05, 0.1) is 17.6 Å². The van der Waals surface area contributed by atoms with Crippen LogP contribution in [0, 0.1) is 0 Å². The first-order valence-electron chi connectivity index (χ1n) is 4.29. The molecule has 0 aliphatic rings. The maximum Gasteiger partial charge on any atom is 0.294 e. The quantitative estimate of drug-likeness (QED) is 0.626. The van der Waals surface area contributed by atoms with Gasteiger partial charge in [-0.2, -0.15) is 8.42 Å². The summed E-state index contributed by atoms with van der Waals surface area (Å²) in [5, 5.41) is 17.8. The van der Waals surface area contributed by atoms with Crippen molar-refractivity contribution in [3.05, 3.63) is 29.8 Å². The van der Waals surface area contributed by atoms with Crippen LogP contribution in [-0.2, 0) is 16.5 Å². The van der Waals surface area contributed by atoms with E-state index in [1.165, 1.54) is 18.2 Å². The molecule has 0 saturated heterocycles. The van der Waals surface area contributed by atoms with Crippen molar-refractivity contribution in [2.24, 2.45) is 0 Å². The van der Waals surface area contributed by atoms with Gasteiger partial charge in [-0.1, -0.05) is 18.2 Å². The Morgan fingerprint density at radius 3 is 2.40 bits per heavy atom. The lowest BCUT2D eigenvalue weighted by Gasteiger charge is -2.09. The Bertz CT molecular complexity index is 426. The van der Waals surface area contributed by atoms with Crippen molar-refractivity contribution < 1.29 is 23.2 Å². The van der Waals surface area contributed by atoms with E-state index in [9.17, 15) is 13.5 Å². The van der Waals surface area contributed by atoms with Crippen molar-refractivity contribution in [3.8, 4) is 0 Å². The van der Waals surface area contributed by atoms with Crippen molar-refractivity contribution in [1.82, 2.24) is 0 Å². The number of hydrogen-bond acceptors (Lipinski definition) is 4. The van der Waals surface area contributed by atoms with Crippen LogP contribution in [-0.4, -0.2) is 35.9 Å². The number of aliphatic hydroxyl groups excluding tert-OH is 2. The third kappa shape index (κ3) is 3.28. The van der Waals surface area contributed by atoms with E-state index in [-0.39, 0.29) is 16.9 Å². The van der Waals surface area contributed by atoms with E-state index >= 15 is 0 Å². The van der Waals surface area contributed by atoms with Gasteiger partial charge < -0.3 is 10.2 Å². The zero-order valence-corrected chi connectivity index (χ0v) is 8.68. The molecule has 1 aromatic carbocycles. The molecule has 3 N–H and O–H groups in total. The summed E-state index contributed by atoms with van der Waals surface area (Å²) in [6.07, 6.45) is -1.06. The molecule has 1 aromatic rings. The van der Waals surface area contributed by atoms with Crippen molar-refractivity contribution in [2.75, 3.05) is 6.61 Å². The highest BCUT2D eigenvalue weighted by molar-refractivity contribution is 7.85. The van der Waals surface area contributed by atoms with Gasteiger partial charge in [0.1, 0.15) is 0 Å². The average Bonchev–Trinajstić information content (AvgIpc) is 2.17. The molecule has 0 fully saturated rings. The van der Waals surface area contributed by atoms with Crippen molar-refractivity contribution >= 4 is 10.1 Å². The number of hydrogen-bond donors (Lipinski definition) is 3. The fraction of sp³-hybridized carbons (Fsp3) is 0.333. The highest BCUT2D eigenvalue weighted by Crippen LogP contribution is 2.16. The van der Waals surface area contributed by atoms with Gasteiger partial charge in [-0.15, -0.1) is 0 Å². The molecule has 1 atom stereocenters. The molecule has 1 unspecified atom stereocenters. The third-order valence-electron chi connectivity index (χ3n) is 1.92. The lowest BCUT2D eigenvalue weighted by Crippen LogP contribution is -2.17. The standard InChI is InChI=1S/C9H12O5S/c10-6-8(11)5-7-3-1-2-4-9(7)15(12,13)14/h1-4,8,10-11H,5-6H2,(H,12,13,14). The van der Waals surface area contributed by atoms with E-state index in [1.54, 1.807) is 6.07 Å². The second kappa shape index (κ2) is 4.71. The number of benzene rings is 1. The van der Waals surface area contributed by atoms with E-state index in [0.717, 1.165) is 0 Å². The molecule has 1 rings (SSSR count). The van der Waals surface area contributed by atoms with Crippen molar-refractivity contribution in [2.45, 2.75) is 17.4 Å². The van der Waals surface area contributed by atoms with Gasteiger partial charge in [0.25, 0.3) is 10.1 Å². The van der Waals surface area contributed by atoms with E-state index in [0.29, 0.717) is 0 Å². The van der Waals surface area contributed by atoms with Gasteiger partial charge in [0.15, 0.2) is 0 Å². The fourth-order valence-corrected chi connectivity index (χ4v) is 1.98. The zero-order valence-electron chi connectivity index (χ0n) is 7.87. The molecule has 0 aliphatic carbocycles. The molecular formula is C9H12O5S. The predicted molar refractivity (Wildman–Crippen MR) is 53.1 cm³/mol. The Morgan fingerprint density at radius 1 is 1.27 bits per heavy atom. The van der Waals surface area contributed by atoms with E-state index in [2.05, 4.69) is 0 Å². The lowest BCUT2D eigenvalue weighted by molar-refractivity contribution is 0.0950. The molecule has 0 amide bonds. The molecule has 0 radical (unpaired) electrons. The van der Waals surface area contributed by atoms with E-state index < -0.39 is 22.8 Å². The SMILES string of the molecule is O=S(=O)(O)c1ccccc1CC(O)CO. The van der Waals surface area contributed by atoms with Crippen molar-refractivity contribution in [3.63, 3.8) is 0 Å². The maximum absolute atomic E-state index is 10.9. The summed E-state index contributed by atoms with van der Waals surface area (Å²) in [6, 6.07) is 5.78. The van der Waals surface area contributed by atoms with Crippen LogP contribution in [0.15, 0.2) is 29.2 Å². The Morgan fingerprint density at radius 2 is 1.87 bits per heavy atom. The van der Waals surface area contributed by atoms with Crippen LogP contribution in [0.3, 0.4) is 0 Å². The van der Waals surface area contributed by atoms with Crippen LogP contribution in [0.2, 0.25) is 0 Å². The highest BCUT2D eigenvalue weighted by Gasteiger charge is 2.16. The zero-order chi connectivity index (χ0) is 11.5. The molecule has 0 heterocycles. The van der Waals surface area contributed by atoms with Gasteiger partial charge in [0.2, 0.25) is 0 Å². The number of rotatable bonds is 4. The van der Waals surface area contributed by atoms with Crippen LogP contribution in [0.4, 0.5) is 0 Å². The van der Waals surface area contributed by atoms with Crippen LogP contribution >= 0.6 is 0 Å². The second-order valence-electron chi connectivity index (χ2n) is 3.12. The third-order valence-corrected chi connectivity index (χ3v) is 2.87. The summed E-state index contributed by atoms with van der Waals surface area (Å²) in [5.41, 5.74) is 0.279. The minimum Gasteiger partial charge on any atom is -0.394 e. The molecular weight excluding hydrogens is 220 g/mol. The summed E-state index contributed by atoms with van der Waals surface area (Å²) in [7, 11) is -4.28. The molecule has 84 valence electrons. The van der Waals surface area contributed by atoms with Crippen LogP contribution < -0.4 is 0 Å². The van der Waals surface area contributed by atoms with Gasteiger partial charge >= 0.3 is 0 Å². The van der Waals surface area contributed by atoms with Crippen LogP contribution in [0.1, 0.15) is 5.56 Å². The smallest absolute Gasteiger partial charge is 0.294 e. The topological polar surface area (TPSA) is 94.8 Å². The maximum atomic E-state index is 10.9. The molecule has 0 saturated carbocycles. The molecule has 0 spiro atoms. The van der Waals surface area contributed by atoms with Gasteiger partial charge in [-0.25, -0.2) is 0 Å². The molecule has 5 nitrogen and oxygen atoms in total. The number of aliphatic hydroxyl groups is 2. The van der Waals surface area contributed by atoms with Gasteiger partial charge in [0, 0.05) is 6.42 Å². The average molecular weight is 232 g/mol. The minimum atomic E-state index is -4.28. The summed E-state index contributed by atoms with van der Waals surface area (Å²) in [4.78, 5) is -0.238. The summed E-state index contributed by atoms with van der Waals surface area (Å²) in [6.45, 7) is -0.459. The molecule has 6 heteroatoms. The Hall–Kier alpha value is -0.950. The summed E-state index contributed by atoms with van der Waals surface area (Å²) < 4.78 is 30.8. The summed E-state index contributed by atoms with van der Waals surface area (Å²) in [5.74, 6) is 0. The van der Waals surface area contributed by atoms with E-state index in [4.69, 9.17) is 9.66 Å². The molecule has 15 heavy (non-hydrogen) atoms. The molecule has 0 bridgehead atoms. The van der Waals surface area contributed by atoms with Crippen LogP contribution in [0.25, 0.3) is 0 Å². The lowest BCUT2D eigenvalue weighted by atomic mass is 10.1. The Labute approximate surface area is 87.7 Å². The predicted octanol–water partition coefficient (Wildman–Crippen LogP) is -0.171. The largest absolute Gasteiger partial charge is 0.394 e. The van der Waals surface area contributed by atoms with Crippen molar-refractivity contribution in [1.29, 1.82) is 0 Å². The van der Waals surface area contributed by atoms with E-state index in [1.807, 2.05) is 0 Å². The highest BCUT2D eigenvalue weighted by atomic mass is 32.2. The van der Waals surface area contributed by atoms with Crippen LogP contribution in [0.5, 0.6) is 0 Å². The molecule has 0 aliphatic heterocycles. The normalized spacial score (nSPS) is 13.8. The Kier molecular flexibility index (Phi) is 3.81. The first-order chi connectivity index (χ1) is 6.95.